The van der Waals surface area contributed by atoms with Gasteiger partial charge < -0.3 is 15.2 Å². The fourth-order valence-corrected chi connectivity index (χ4v) is 1.65. The summed E-state index contributed by atoms with van der Waals surface area (Å²) in [6, 6.07) is 5.00. The summed E-state index contributed by atoms with van der Waals surface area (Å²) in [5, 5.41) is 11.4. The van der Waals surface area contributed by atoms with E-state index in [1.54, 1.807) is 18.2 Å². The summed E-state index contributed by atoms with van der Waals surface area (Å²) in [4.78, 5) is 21.8. The van der Waals surface area contributed by atoms with Gasteiger partial charge in [-0.2, -0.15) is 0 Å². The molecule has 7 heteroatoms. The van der Waals surface area contributed by atoms with Crippen LogP contribution >= 0.6 is 34.2 Å². The number of hydrogen-bond acceptors (Lipinski definition) is 3. The third-order valence-corrected chi connectivity index (χ3v) is 3.51. The lowest BCUT2D eigenvalue weighted by atomic mass is 10.2. The second-order valence-electron chi connectivity index (χ2n) is 3.33. The number of carbonyl (C=O) groups is 2. The molecule has 1 amide bonds. The van der Waals surface area contributed by atoms with E-state index in [2.05, 4.69) is 27.9 Å². The highest BCUT2D eigenvalue weighted by Gasteiger charge is 2.07. The number of amides is 1. The Bertz CT molecular complexity index is 453. The summed E-state index contributed by atoms with van der Waals surface area (Å²) in [6.45, 7) is 0.0249. The van der Waals surface area contributed by atoms with Crippen LogP contribution in [-0.2, 0) is 9.53 Å². The van der Waals surface area contributed by atoms with Crippen molar-refractivity contribution in [2.75, 3.05) is 19.8 Å². The molecule has 0 heterocycles. The molecule has 0 aliphatic carbocycles. The molecule has 2 N–H and O–H groups in total. The minimum atomic E-state index is -1.04. The van der Waals surface area contributed by atoms with Crippen LogP contribution in [0.15, 0.2) is 18.2 Å². The number of aliphatic carboxylic acids is 1. The Morgan fingerprint density at radius 2 is 2.17 bits per heavy atom. The SMILES string of the molecule is O=C(O)COCCNC(=O)c1ccc(I)c(Cl)c1. The highest BCUT2D eigenvalue weighted by Crippen LogP contribution is 2.19. The summed E-state index contributed by atoms with van der Waals surface area (Å²) in [7, 11) is 0. The first-order chi connectivity index (χ1) is 8.50. The van der Waals surface area contributed by atoms with E-state index in [9.17, 15) is 9.59 Å². The predicted octanol–water partition coefficient (Wildman–Crippen LogP) is 1.78. The smallest absolute Gasteiger partial charge is 0.329 e. The van der Waals surface area contributed by atoms with Gasteiger partial charge in [0.2, 0.25) is 0 Å². The van der Waals surface area contributed by atoms with Crippen molar-refractivity contribution in [2.45, 2.75) is 0 Å². The topological polar surface area (TPSA) is 75.6 Å². The molecule has 1 rings (SSSR count). The van der Waals surface area contributed by atoms with E-state index in [1.807, 2.05) is 0 Å². The average molecular weight is 384 g/mol. The molecule has 0 atom stereocenters. The van der Waals surface area contributed by atoms with Gasteiger partial charge in [-0.25, -0.2) is 4.79 Å². The lowest BCUT2D eigenvalue weighted by molar-refractivity contribution is -0.142. The Morgan fingerprint density at radius 3 is 2.78 bits per heavy atom. The summed E-state index contributed by atoms with van der Waals surface area (Å²) >= 11 is 7.97. The van der Waals surface area contributed by atoms with Gasteiger partial charge in [-0.05, 0) is 40.8 Å². The molecular formula is C11H11ClINO4. The molecule has 18 heavy (non-hydrogen) atoms. The molecule has 0 unspecified atom stereocenters. The maximum atomic E-state index is 11.7. The maximum Gasteiger partial charge on any atom is 0.329 e. The van der Waals surface area contributed by atoms with Crippen LogP contribution in [0.4, 0.5) is 0 Å². The van der Waals surface area contributed by atoms with Crippen LogP contribution in [0.1, 0.15) is 10.4 Å². The summed E-state index contributed by atoms with van der Waals surface area (Å²) in [5.74, 6) is -1.31. The number of carboxylic acids is 1. The molecule has 0 spiro atoms. The maximum absolute atomic E-state index is 11.7. The summed E-state index contributed by atoms with van der Waals surface area (Å²) < 4.78 is 5.65. The number of carboxylic acid groups (broad SMARTS) is 1. The molecule has 98 valence electrons. The number of benzene rings is 1. The van der Waals surface area contributed by atoms with Crippen LogP contribution in [0, 0.1) is 3.57 Å². The van der Waals surface area contributed by atoms with Gasteiger partial charge in [-0.1, -0.05) is 11.6 Å². The second kappa shape index (κ2) is 7.55. The Morgan fingerprint density at radius 1 is 1.44 bits per heavy atom. The van der Waals surface area contributed by atoms with Gasteiger partial charge in [0.1, 0.15) is 6.61 Å². The van der Waals surface area contributed by atoms with Gasteiger partial charge in [0.15, 0.2) is 0 Å². The van der Waals surface area contributed by atoms with Crippen molar-refractivity contribution < 1.29 is 19.4 Å². The summed E-state index contributed by atoms with van der Waals surface area (Å²) in [5.41, 5.74) is 0.457. The minimum absolute atomic E-state index is 0.149. The largest absolute Gasteiger partial charge is 0.480 e. The Labute approximate surface area is 123 Å². The molecule has 0 saturated heterocycles. The zero-order valence-corrected chi connectivity index (χ0v) is 12.2. The van der Waals surface area contributed by atoms with Gasteiger partial charge in [0, 0.05) is 15.7 Å². The quantitative estimate of drug-likeness (QED) is 0.580. The van der Waals surface area contributed by atoms with Crippen LogP contribution < -0.4 is 5.32 Å². The number of hydrogen-bond donors (Lipinski definition) is 2. The van der Waals surface area contributed by atoms with Crippen LogP contribution in [0.25, 0.3) is 0 Å². The zero-order chi connectivity index (χ0) is 13.5. The molecule has 5 nitrogen and oxygen atoms in total. The molecule has 1 aromatic carbocycles. The number of ether oxygens (including phenoxy) is 1. The molecule has 0 radical (unpaired) electrons. The van der Waals surface area contributed by atoms with Gasteiger partial charge in [-0.15, -0.1) is 0 Å². The molecule has 0 bridgehead atoms. The number of rotatable bonds is 6. The Hall–Kier alpha value is -0.860. The van der Waals surface area contributed by atoms with Crippen molar-refractivity contribution in [3.8, 4) is 0 Å². The van der Waals surface area contributed by atoms with Crippen molar-refractivity contribution in [1.82, 2.24) is 5.32 Å². The normalized spacial score (nSPS) is 10.1. The molecule has 1 aromatic rings. The third-order valence-electron chi connectivity index (χ3n) is 1.94. The van der Waals surface area contributed by atoms with Crippen molar-refractivity contribution in [1.29, 1.82) is 0 Å². The van der Waals surface area contributed by atoms with E-state index in [1.165, 1.54) is 0 Å². The number of halogens is 2. The number of nitrogens with one attached hydrogen (secondary N) is 1. The molecular weight excluding hydrogens is 372 g/mol. The van der Waals surface area contributed by atoms with Gasteiger partial charge >= 0.3 is 5.97 Å². The van der Waals surface area contributed by atoms with Crippen LogP contribution in [0.2, 0.25) is 5.02 Å². The van der Waals surface area contributed by atoms with Crippen LogP contribution in [0.5, 0.6) is 0 Å². The van der Waals surface area contributed by atoms with E-state index in [0.717, 1.165) is 3.57 Å². The highest BCUT2D eigenvalue weighted by molar-refractivity contribution is 14.1. The molecule has 0 aromatic heterocycles. The first-order valence-corrected chi connectivity index (χ1v) is 6.49. The minimum Gasteiger partial charge on any atom is -0.480 e. The molecule has 0 aliphatic heterocycles. The lowest BCUT2D eigenvalue weighted by Gasteiger charge is -2.06. The van der Waals surface area contributed by atoms with Gasteiger partial charge in [-0.3, -0.25) is 4.79 Å². The first kappa shape index (κ1) is 15.2. The fourth-order valence-electron chi connectivity index (χ4n) is 1.14. The van der Waals surface area contributed by atoms with E-state index in [-0.39, 0.29) is 25.7 Å². The van der Waals surface area contributed by atoms with Crippen molar-refractivity contribution in [2.24, 2.45) is 0 Å². The summed E-state index contributed by atoms with van der Waals surface area (Å²) in [6.07, 6.45) is 0. The zero-order valence-electron chi connectivity index (χ0n) is 9.28. The third kappa shape index (κ3) is 5.19. The van der Waals surface area contributed by atoms with E-state index >= 15 is 0 Å². The van der Waals surface area contributed by atoms with Crippen molar-refractivity contribution >= 4 is 46.1 Å². The second-order valence-corrected chi connectivity index (χ2v) is 4.90. The molecule has 0 saturated carbocycles. The van der Waals surface area contributed by atoms with Gasteiger partial charge in [0.25, 0.3) is 5.91 Å². The monoisotopic (exact) mass is 383 g/mol. The van der Waals surface area contributed by atoms with Crippen molar-refractivity contribution in [3.05, 3.63) is 32.4 Å². The van der Waals surface area contributed by atoms with Gasteiger partial charge in [0.05, 0.1) is 11.6 Å². The molecule has 0 aliphatic rings. The van der Waals surface area contributed by atoms with Crippen molar-refractivity contribution in [3.63, 3.8) is 0 Å². The van der Waals surface area contributed by atoms with E-state index in [0.29, 0.717) is 10.6 Å². The first-order valence-electron chi connectivity index (χ1n) is 5.03. The molecule has 0 fully saturated rings. The highest BCUT2D eigenvalue weighted by atomic mass is 127. The van der Waals surface area contributed by atoms with Crippen LogP contribution in [-0.4, -0.2) is 36.7 Å². The standard InChI is InChI=1S/C11H11ClINO4/c12-8-5-7(1-2-9(8)13)11(17)14-3-4-18-6-10(15)16/h1-2,5H,3-4,6H2,(H,14,17)(H,15,16). The lowest BCUT2D eigenvalue weighted by Crippen LogP contribution is -2.27. The van der Waals surface area contributed by atoms with E-state index < -0.39 is 5.97 Å². The average Bonchev–Trinajstić information content (AvgIpc) is 2.31. The Kier molecular flexibility index (Phi) is 6.37. The van der Waals surface area contributed by atoms with Crippen LogP contribution in [0.3, 0.4) is 0 Å². The van der Waals surface area contributed by atoms with E-state index in [4.69, 9.17) is 21.4 Å². The fraction of sp³-hybridized carbons (Fsp3) is 0.273. The Balaban J connectivity index is 2.36. The number of carbonyl (C=O) groups excluding carboxylic acids is 1. The predicted molar refractivity (Wildman–Crippen MR) is 75.0 cm³/mol.